The Morgan fingerprint density at radius 2 is 1.90 bits per heavy atom. The van der Waals surface area contributed by atoms with Gasteiger partial charge in [-0.25, -0.2) is 13.1 Å². The number of carbonyl (C=O) groups is 1. The summed E-state index contributed by atoms with van der Waals surface area (Å²) in [6.45, 7) is -0.120. The molecule has 0 atom stereocenters. The van der Waals surface area contributed by atoms with Crippen molar-refractivity contribution in [1.29, 1.82) is 0 Å². The lowest BCUT2D eigenvalue weighted by atomic mass is 10.4. The van der Waals surface area contributed by atoms with Crippen molar-refractivity contribution < 1.29 is 17.6 Å². The molecule has 8 heteroatoms. The van der Waals surface area contributed by atoms with Crippen molar-refractivity contribution in [2.24, 2.45) is 0 Å². The van der Waals surface area contributed by atoms with Crippen LogP contribution in [0, 0.1) is 0 Å². The van der Waals surface area contributed by atoms with E-state index in [-0.39, 0.29) is 18.0 Å². The number of carbonyl (C=O) groups excluding carboxylic acids is 1. The Balaban J connectivity index is 1.86. The molecule has 2 aromatic rings. The molecule has 0 fully saturated rings. The first-order chi connectivity index (χ1) is 9.97. The number of furan rings is 1. The number of sulfonamides is 1. The van der Waals surface area contributed by atoms with Gasteiger partial charge in [0.15, 0.2) is 0 Å². The topological polar surface area (TPSA) is 88.4 Å². The largest absolute Gasteiger partial charge is 0.467 e. The standard InChI is InChI=1S/C13H13BrN2O4S/c14-10-3-5-12(6-4-10)21(18,19)16-9-13(17)15-8-11-2-1-7-20-11/h1-7,16H,8-9H2,(H,15,17). The normalized spacial score (nSPS) is 11.3. The fraction of sp³-hybridized carbons (Fsp3) is 0.154. The molecular formula is C13H13BrN2O4S. The van der Waals surface area contributed by atoms with Gasteiger partial charge in [0.1, 0.15) is 5.76 Å². The lowest BCUT2D eigenvalue weighted by Crippen LogP contribution is -2.36. The third-order valence-corrected chi connectivity index (χ3v) is 4.53. The highest BCUT2D eigenvalue weighted by Gasteiger charge is 2.15. The molecule has 0 radical (unpaired) electrons. The van der Waals surface area contributed by atoms with Crippen LogP contribution in [0.1, 0.15) is 5.76 Å². The van der Waals surface area contributed by atoms with Crippen LogP contribution in [0.4, 0.5) is 0 Å². The Bertz CT molecular complexity index is 696. The van der Waals surface area contributed by atoms with Crippen molar-refractivity contribution in [3.63, 3.8) is 0 Å². The zero-order valence-corrected chi connectivity index (χ0v) is 13.3. The van der Waals surface area contributed by atoms with Crippen LogP contribution < -0.4 is 10.0 Å². The van der Waals surface area contributed by atoms with E-state index in [2.05, 4.69) is 26.0 Å². The molecule has 0 saturated heterocycles. The van der Waals surface area contributed by atoms with Crippen LogP contribution in [0.5, 0.6) is 0 Å². The maximum absolute atomic E-state index is 12.0. The van der Waals surface area contributed by atoms with E-state index in [1.807, 2.05) is 0 Å². The van der Waals surface area contributed by atoms with Crippen molar-refractivity contribution in [3.05, 3.63) is 52.9 Å². The molecule has 0 aliphatic carbocycles. The fourth-order valence-electron chi connectivity index (χ4n) is 1.52. The van der Waals surface area contributed by atoms with E-state index in [1.165, 1.54) is 18.4 Å². The molecule has 0 unspecified atom stereocenters. The van der Waals surface area contributed by atoms with Crippen LogP contribution in [0.2, 0.25) is 0 Å². The summed E-state index contributed by atoms with van der Waals surface area (Å²) in [5.74, 6) is 0.159. The smallest absolute Gasteiger partial charge is 0.241 e. The van der Waals surface area contributed by atoms with E-state index < -0.39 is 15.9 Å². The second-order valence-electron chi connectivity index (χ2n) is 4.13. The quantitative estimate of drug-likeness (QED) is 0.806. The van der Waals surface area contributed by atoms with Gasteiger partial charge in [0.2, 0.25) is 15.9 Å². The van der Waals surface area contributed by atoms with Crippen LogP contribution in [0.25, 0.3) is 0 Å². The highest BCUT2D eigenvalue weighted by atomic mass is 79.9. The minimum absolute atomic E-state index is 0.101. The zero-order valence-electron chi connectivity index (χ0n) is 10.9. The van der Waals surface area contributed by atoms with E-state index in [0.717, 1.165) is 4.47 Å². The van der Waals surface area contributed by atoms with Crippen LogP contribution in [0.15, 0.2) is 56.4 Å². The maximum Gasteiger partial charge on any atom is 0.241 e. The van der Waals surface area contributed by atoms with Crippen molar-refractivity contribution in [2.45, 2.75) is 11.4 Å². The van der Waals surface area contributed by atoms with Crippen LogP contribution in [0.3, 0.4) is 0 Å². The van der Waals surface area contributed by atoms with Gasteiger partial charge in [-0.2, -0.15) is 0 Å². The minimum Gasteiger partial charge on any atom is -0.467 e. The van der Waals surface area contributed by atoms with E-state index in [1.54, 1.807) is 24.3 Å². The average molecular weight is 373 g/mol. The second-order valence-corrected chi connectivity index (χ2v) is 6.82. The van der Waals surface area contributed by atoms with Crippen molar-refractivity contribution in [2.75, 3.05) is 6.54 Å². The molecule has 0 spiro atoms. The van der Waals surface area contributed by atoms with Gasteiger partial charge < -0.3 is 9.73 Å². The van der Waals surface area contributed by atoms with Crippen LogP contribution in [-0.2, 0) is 21.4 Å². The Morgan fingerprint density at radius 3 is 2.52 bits per heavy atom. The fourth-order valence-corrected chi connectivity index (χ4v) is 2.77. The van der Waals surface area contributed by atoms with Gasteiger partial charge in [0.05, 0.1) is 24.2 Å². The van der Waals surface area contributed by atoms with Crippen LogP contribution >= 0.6 is 15.9 Å². The first-order valence-electron chi connectivity index (χ1n) is 6.02. The maximum atomic E-state index is 12.0. The van der Waals surface area contributed by atoms with Crippen molar-refractivity contribution in [3.8, 4) is 0 Å². The predicted octanol–water partition coefficient (Wildman–Crippen LogP) is 1.64. The molecule has 1 amide bonds. The van der Waals surface area contributed by atoms with E-state index in [4.69, 9.17) is 4.42 Å². The van der Waals surface area contributed by atoms with Gasteiger partial charge >= 0.3 is 0 Å². The van der Waals surface area contributed by atoms with Gasteiger partial charge in [-0.15, -0.1) is 0 Å². The summed E-state index contributed by atoms with van der Waals surface area (Å²) in [5.41, 5.74) is 0. The SMILES string of the molecule is O=C(CNS(=O)(=O)c1ccc(Br)cc1)NCc1ccco1. The van der Waals surface area contributed by atoms with E-state index in [9.17, 15) is 13.2 Å². The Kier molecular flexibility index (Phi) is 5.16. The molecule has 0 saturated carbocycles. The van der Waals surface area contributed by atoms with E-state index >= 15 is 0 Å². The molecule has 0 aliphatic heterocycles. The molecule has 2 N–H and O–H groups in total. The molecule has 112 valence electrons. The average Bonchev–Trinajstić information content (AvgIpc) is 2.97. The molecule has 0 aliphatic rings. The summed E-state index contributed by atoms with van der Waals surface area (Å²) in [5, 5.41) is 2.55. The van der Waals surface area contributed by atoms with Gasteiger partial charge in [0, 0.05) is 4.47 Å². The molecule has 2 rings (SSSR count). The second kappa shape index (κ2) is 6.88. The van der Waals surface area contributed by atoms with Crippen molar-refractivity contribution >= 4 is 31.9 Å². The summed E-state index contributed by atoms with van der Waals surface area (Å²) in [6, 6.07) is 9.56. The van der Waals surface area contributed by atoms with Crippen LogP contribution in [-0.4, -0.2) is 20.9 Å². The van der Waals surface area contributed by atoms with Gasteiger partial charge in [-0.1, -0.05) is 15.9 Å². The number of amides is 1. The monoisotopic (exact) mass is 372 g/mol. The number of nitrogens with one attached hydrogen (secondary N) is 2. The lowest BCUT2D eigenvalue weighted by Gasteiger charge is -2.07. The summed E-state index contributed by atoms with van der Waals surface area (Å²) in [6.07, 6.45) is 1.50. The lowest BCUT2D eigenvalue weighted by molar-refractivity contribution is -0.120. The first kappa shape index (κ1) is 15.7. The molecule has 1 aromatic heterocycles. The summed E-state index contributed by atoms with van der Waals surface area (Å²) >= 11 is 3.23. The number of hydrogen-bond donors (Lipinski definition) is 2. The summed E-state index contributed by atoms with van der Waals surface area (Å²) in [7, 11) is -3.70. The van der Waals surface area contributed by atoms with Gasteiger partial charge in [0.25, 0.3) is 0 Å². The van der Waals surface area contributed by atoms with Gasteiger partial charge in [-0.05, 0) is 36.4 Å². The summed E-state index contributed by atoms with van der Waals surface area (Å²) in [4.78, 5) is 11.7. The Labute approximate surface area is 130 Å². The number of halogens is 1. The van der Waals surface area contributed by atoms with Crippen molar-refractivity contribution in [1.82, 2.24) is 10.0 Å². The van der Waals surface area contributed by atoms with E-state index in [0.29, 0.717) is 5.76 Å². The Morgan fingerprint density at radius 1 is 1.19 bits per heavy atom. The molecule has 6 nitrogen and oxygen atoms in total. The highest BCUT2D eigenvalue weighted by Crippen LogP contribution is 2.14. The molecule has 1 aromatic carbocycles. The highest BCUT2D eigenvalue weighted by molar-refractivity contribution is 9.10. The Hall–Kier alpha value is -1.64. The molecular weight excluding hydrogens is 360 g/mol. The number of benzene rings is 1. The predicted molar refractivity (Wildman–Crippen MR) is 79.9 cm³/mol. The zero-order chi connectivity index (χ0) is 15.3. The number of rotatable bonds is 6. The summed E-state index contributed by atoms with van der Waals surface area (Å²) < 4.78 is 32.0. The third kappa shape index (κ3) is 4.69. The molecule has 21 heavy (non-hydrogen) atoms. The third-order valence-electron chi connectivity index (χ3n) is 2.59. The first-order valence-corrected chi connectivity index (χ1v) is 8.29. The van der Waals surface area contributed by atoms with Gasteiger partial charge in [-0.3, -0.25) is 4.79 Å². The molecule has 0 bridgehead atoms. The number of hydrogen-bond acceptors (Lipinski definition) is 4. The minimum atomic E-state index is -3.70. The molecule has 1 heterocycles.